The number of hydrogen-bond acceptors (Lipinski definition) is 9. The van der Waals surface area contributed by atoms with E-state index >= 15 is 0 Å². The summed E-state index contributed by atoms with van der Waals surface area (Å²) in [4.78, 5) is 13.1. The van der Waals surface area contributed by atoms with Crippen LogP contribution in [0.15, 0.2) is 30.3 Å². The largest absolute Gasteiger partial charge is 0.463 e. The molecule has 0 saturated carbocycles. The lowest BCUT2D eigenvalue weighted by Crippen LogP contribution is -2.17. The molecule has 0 bridgehead atoms. The van der Waals surface area contributed by atoms with E-state index in [1.54, 1.807) is 0 Å². The van der Waals surface area contributed by atoms with Crippen molar-refractivity contribution in [2.75, 3.05) is 63.3 Å². The Kier molecular flexibility index (Phi) is 12.2. The molecule has 1 aromatic carbocycles. The normalized spacial score (nSPS) is 10.7. The molecule has 9 nitrogen and oxygen atoms in total. The van der Waals surface area contributed by atoms with Crippen LogP contribution in [0.3, 0.4) is 0 Å². The standard InChI is InChI=1S/C21H34N6O3/c1-2-3-13-30-21-26-19(23-11-9-18-7-5-4-6-8-18)25-20(27-21)24-12-15-29-17-16-28-14-10-22/h4-8H,2-3,9-17,22H2,1H3,(H2,23,24,25,26,27). The topological polar surface area (TPSA) is 116 Å². The van der Waals surface area contributed by atoms with Crippen molar-refractivity contribution in [3.05, 3.63) is 35.9 Å². The summed E-state index contributed by atoms with van der Waals surface area (Å²) in [6.45, 7) is 6.62. The molecule has 0 radical (unpaired) electrons. The summed E-state index contributed by atoms with van der Waals surface area (Å²) in [5, 5.41) is 6.41. The third-order valence-corrected chi connectivity index (χ3v) is 4.05. The van der Waals surface area contributed by atoms with Gasteiger partial charge in [0.2, 0.25) is 11.9 Å². The molecule has 0 saturated heterocycles. The predicted molar refractivity (Wildman–Crippen MR) is 118 cm³/mol. The number of ether oxygens (including phenoxy) is 3. The van der Waals surface area contributed by atoms with Crippen molar-refractivity contribution >= 4 is 11.9 Å². The fourth-order valence-electron chi connectivity index (χ4n) is 2.49. The number of nitrogens with zero attached hydrogens (tertiary/aromatic N) is 3. The van der Waals surface area contributed by atoms with Crippen molar-refractivity contribution in [1.29, 1.82) is 0 Å². The maximum Gasteiger partial charge on any atom is 0.323 e. The van der Waals surface area contributed by atoms with Gasteiger partial charge in [0, 0.05) is 19.6 Å². The minimum atomic E-state index is 0.319. The van der Waals surface area contributed by atoms with Crippen molar-refractivity contribution in [3.63, 3.8) is 0 Å². The third-order valence-electron chi connectivity index (χ3n) is 4.05. The molecule has 2 aromatic rings. The Morgan fingerprint density at radius 2 is 1.53 bits per heavy atom. The molecule has 0 fully saturated rings. The first kappa shape index (κ1) is 23.8. The average Bonchev–Trinajstić information content (AvgIpc) is 2.76. The highest BCUT2D eigenvalue weighted by molar-refractivity contribution is 5.36. The van der Waals surface area contributed by atoms with Crippen LogP contribution in [-0.4, -0.2) is 67.6 Å². The molecule has 1 aromatic heterocycles. The number of nitrogens with two attached hydrogens (primary N) is 1. The summed E-state index contributed by atoms with van der Waals surface area (Å²) in [6.07, 6.45) is 2.87. The Morgan fingerprint density at radius 1 is 0.833 bits per heavy atom. The molecule has 0 unspecified atom stereocenters. The minimum absolute atomic E-state index is 0.319. The van der Waals surface area contributed by atoms with Gasteiger partial charge in [0.1, 0.15) is 0 Å². The van der Waals surface area contributed by atoms with Crippen LogP contribution in [0, 0.1) is 0 Å². The van der Waals surface area contributed by atoms with Crippen LogP contribution in [0.1, 0.15) is 25.3 Å². The highest BCUT2D eigenvalue weighted by Gasteiger charge is 2.07. The molecule has 0 spiro atoms. The lowest BCUT2D eigenvalue weighted by atomic mass is 10.1. The second kappa shape index (κ2) is 15.4. The van der Waals surface area contributed by atoms with Gasteiger partial charge < -0.3 is 30.6 Å². The molecule has 1 heterocycles. The van der Waals surface area contributed by atoms with Gasteiger partial charge in [-0.15, -0.1) is 0 Å². The van der Waals surface area contributed by atoms with E-state index in [-0.39, 0.29) is 0 Å². The summed E-state index contributed by atoms with van der Waals surface area (Å²) in [7, 11) is 0. The lowest BCUT2D eigenvalue weighted by molar-refractivity contribution is 0.0547. The summed E-state index contributed by atoms with van der Waals surface area (Å²) in [5.41, 5.74) is 6.62. The van der Waals surface area contributed by atoms with E-state index in [1.807, 2.05) is 18.2 Å². The smallest absolute Gasteiger partial charge is 0.323 e. The molecule has 4 N–H and O–H groups in total. The Bertz CT molecular complexity index is 690. The number of hydrogen-bond donors (Lipinski definition) is 3. The van der Waals surface area contributed by atoms with Crippen LogP contribution in [0.4, 0.5) is 11.9 Å². The number of rotatable bonds is 17. The number of benzene rings is 1. The van der Waals surface area contributed by atoms with E-state index in [4.69, 9.17) is 19.9 Å². The molecular formula is C21H34N6O3. The predicted octanol–water partition coefficient (Wildman–Crippen LogP) is 2.11. The number of anilines is 2. The van der Waals surface area contributed by atoms with Crippen LogP contribution in [-0.2, 0) is 15.9 Å². The molecule has 0 atom stereocenters. The molecular weight excluding hydrogens is 384 g/mol. The number of aromatic nitrogens is 3. The Hall–Kier alpha value is -2.49. The molecule has 0 amide bonds. The van der Waals surface area contributed by atoms with Crippen LogP contribution in [0.25, 0.3) is 0 Å². The van der Waals surface area contributed by atoms with Crippen LogP contribution in [0.2, 0.25) is 0 Å². The maximum atomic E-state index is 5.67. The second-order valence-electron chi connectivity index (χ2n) is 6.57. The second-order valence-corrected chi connectivity index (χ2v) is 6.57. The van der Waals surface area contributed by atoms with E-state index in [1.165, 1.54) is 5.56 Å². The average molecular weight is 419 g/mol. The van der Waals surface area contributed by atoms with Crippen molar-refractivity contribution in [3.8, 4) is 6.01 Å². The molecule has 166 valence electrons. The molecule has 9 heteroatoms. The Balaban J connectivity index is 1.81. The van der Waals surface area contributed by atoms with Gasteiger partial charge in [-0.3, -0.25) is 0 Å². The first-order valence-electron chi connectivity index (χ1n) is 10.6. The molecule has 0 aliphatic heterocycles. The fraction of sp³-hybridized carbons (Fsp3) is 0.571. The lowest BCUT2D eigenvalue weighted by Gasteiger charge is -2.11. The van der Waals surface area contributed by atoms with Gasteiger partial charge in [-0.05, 0) is 18.4 Å². The van der Waals surface area contributed by atoms with Gasteiger partial charge in [0.05, 0.1) is 33.0 Å². The highest BCUT2D eigenvalue weighted by atomic mass is 16.5. The van der Waals surface area contributed by atoms with Crippen molar-refractivity contribution in [1.82, 2.24) is 15.0 Å². The van der Waals surface area contributed by atoms with Crippen molar-refractivity contribution in [2.24, 2.45) is 5.73 Å². The van der Waals surface area contributed by atoms with Crippen LogP contribution >= 0.6 is 0 Å². The minimum Gasteiger partial charge on any atom is -0.463 e. The maximum absolute atomic E-state index is 5.67. The van der Waals surface area contributed by atoms with Gasteiger partial charge in [-0.1, -0.05) is 43.7 Å². The number of unbranched alkanes of at least 4 members (excludes halogenated alkanes) is 1. The first-order valence-corrected chi connectivity index (χ1v) is 10.6. The van der Waals surface area contributed by atoms with Crippen molar-refractivity contribution in [2.45, 2.75) is 26.2 Å². The van der Waals surface area contributed by atoms with E-state index < -0.39 is 0 Å². The van der Waals surface area contributed by atoms with Gasteiger partial charge in [-0.25, -0.2) is 0 Å². The molecule has 30 heavy (non-hydrogen) atoms. The SMILES string of the molecule is CCCCOc1nc(NCCOCCOCCN)nc(NCCc2ccccc2)n1. The van der Waals surface area contributed by atoms with E-state index in [2.05, 4.69) is 44.6 Å². The van der Waals surface area contributed by atoms with E-state index in [0.717, 1.165) is 19.3 Å². The van der Waals surface area contributed by atoms with Gasteiger partial charge >= 0.3 is 6.01 Å². The van der Waals surface area contributed by atoms with Gasteiger partial charge in [-0.2, -0.15) is 15.0 Å². The first-order chi connectivity index (χ1) is 14.8. The highest BCUT2D eigenvalue weighted by Crippen LogP contribution is 2.12. The van der Waals surface area contributed by atoms with E-state index in [0.29, 0.717) is 70.6 Å². The van der Waals surface area contributed by atoms with Crippen LogP contribution in [0.5, 0.6) is 6.01 Å². The summed E-state index contributed by atoms with van der Waals surface area (Å²) < 4.78 is 16.5. The van der Waals surface area contributed by atoms with Crippen LogP contribution < -0.4 is 21.1 Å². The van der Waals surface area contributed by atoms with Crippen molar-refractivity contribution < 1.29 is 14.2 Å². The van der Waals surface area contributed by atoms with E-state index in [9.17, 15) is 0 Å². The molecule has 2 rings (SSSR count). The zero-order chi connectivity index (χ0) is 21.3. The zero-order valence-electron chi connectivity index (χ0n) is 17.8. The quantitative estimate of drug-likeness (QED) is 0.332. The number of nitrogens with one attached hydrogen (secondary N) is 2. The Morgan fingerprint density at radius 3 is 2.23 bits per heavy atom. The van der Waals surface area contributed by atoms with Gasteiger partial charge in [0.25, 0.3) is 0 Å². The molecule has 0 aliphatic carbocycles. The molecule has 0 aliphatic rings. The summed E-state index contributed by atoms with van der Waals surface area (Å²) >= 11 is 0. The third kappa shape index (κ3) is 10.3. The zero-order valence-corrected chi connectivity index (χ0v) is 17.8. The summed E-state index contributed by atoms with van der Waals surface area (Å²) in [6, 6.07) is 10.6. The monoisotopic (exact) mass is 418 g/mol. The van der Waals surface area contributed by atoms with Gasteiger partial charge in [0.15, 0.2) is 0 Å². The Labute approximate surface area is 178 Å². The fourth-order valence-corrected chi connectivity index (χ4v) is 2.49. The summed E-state index contributed by atoms with van der Waals surface area (Å²) in [5.74, 6) is 0.952.